The topological polar surface area (TPSA) is 53.6 Å². The number of H-pyrrole nitrogens is 1. The molecular weight excluding hydrogens is 233 g/mol. The van der Waals surface area contributed by atoms with Crippen LogP contribution in [0.15, 0.2) is 24.5 Å². The Labute approximate surface area is 94.9 Å². The average Bonchev–Trinajstić information content (AvgIpc) is 2.72. The van der Waals surface area contributed by atoms with Crippen molar-refractivity contribution in [3.8, 4) is 0 Å². The highest BCUT2D eigenvalue weighted by Gasteiger charge is 2.32. The van der Waals surface area contributed by atoms with Crippen molar-refractivity contribution in [3.05, 3.63) is 35.7 Å². The predicted molar refractivity (Wildman–Crippen MR) is 55.8 cm³/mol. The standard InChI is InChI=1S/C10H9F3N4/c1-6-2-3-7(4-8(6)10(11,12)13)16-9-14-5-15-17-9/h2-5H,1H3,(H2,14,15,16,17). The van der Waals surface area contributed by atoms with Crippen LogP contribution in [-0.4, -0.2) is 15.2 Å². The molecule has 4 nitrogen and oxygen atoms in total. The van der Waals surface area contributed by atoms with Crippen LogP contribution in [0.2, 0.25) is 0 Å². The smallest absolute Gasteiger partial charge is 0.323 e. The summed E-state index contributed by atoms with van der Waals surface area (Å²) in [7, 11) is 0. The minimum Gasteiger partial charge on any atom is -0.323 e. The zero-order chi connectivity index (χ0) is 12.5. The highest BCUT2D eigenvalue weighted by molar-refractivity contribution is 5.55. The van der Waals surface area contributed by atoms with Crippen LogP contribution in [0.5, 0.6) is 0 Å². The molecular formula is C10H9F3N4. The molecule has 17 heavy (non-hydrogen) atoms. The first-order chi connectivity index (χ1) is 7.97. The van der Waals surface area contributed by atoms with Crippen molar-refractivity contribution in [1.29, 1.82) is 0 Å². The molecule has 90 valence electrons. The molecule has 0 radical (unpaired) electrons. The lowest BCUT2D eigenvalue weighted by Gasteiger charge is -2.12. The first-order valence-corrected chi connectivity index (χ1v) is 4.77. The van der Waals surface area contributed by atoms with E-state index in [1.54, 1.807) is 6.07 Å². The van der Waals surface area contributed by atoms with Gasteiger partial charge in [0.15, 0.2) is 0 Å². The van der Waals surface area contributed by atoms with Crippen LogP contribution in [0, 0.1) is 6.92 Å². The van der Waals surface area contributed by atoms with Gasteiger partial charge in [-0.25, -0.2) is 4.98 Å². The van der Waals surface area contributed by atoms with Gasteiger partial charge in [-0.1, -0.05) is 6.07 Å². The third-order valence-corrected chi connectivity index (χ3v) is 2.21. The van der Waals surface area contributed by atoms with Crippen LogP contribution < -0.4 is 5.32 Å². The number of alkyl halides is 3. The van der Waals surface area contributed by atoms with Gasteiger partial charge in [0.25, 0.3) is 0 Å². The fourth-order valence-electron chi connectivity index (χ4n) is 1.40. The zero-order valence-electron chi connectivity index (χ0n) is 8.84. The maximum absolute atomic E-state index is 12.6. The molecule has 0 aliphatic heterocycles. The molecule has 0 saturated carbocycles. The Kier molecular flexibility index (Phi) is 2.74. The van der Waals surface area contributed by atoms with Crippen LogP contribution in [0.3, 0.4) is 0 Å². The Balaban J connectivity index is 2.31. The van der Waals surface area contributed by atoms with Gasteiger partial charge in [0.1, 0.15) is 6.33 Å². The van der Waals surface area contributed by atoms with E-state index in [4.69, 9.17) is 0 Å². The van der Waals surface area contributed by atoms with Gasteiger partial charge in [-0.3, -0.25) is 5.10 Å². The Bertz CT molecular complexity index is 505. The molecule has 0 unspecified atom stereocenters. The molecule has 1 heterocycles. The normalized spacial score (nSPS) is 11.5. The minimum absolute atomic E-state index is 0.179. The van der Waals surface area contributed by atoms with E-state index < -0.39 is 11.7 Å². The fourth-order valence-corrected chi connectivity index (χ4v) is 1.40. The molecule has 0 fully saturated rings. The molecule has 0 aliphatic carbocycles. The lowest BCUT2D eigenvalue weighted by Crippen LogP contribution is -2.08. The summed E-state index contributed by atoms with van der Waals surface area (Å²) in [5.74, 6) is 0.224. The fraction of sp³-hybridized carbons (Fsp3) is 0.200. The molecule has 2 aromatic rings. The number of rotatable bonds is 2. The summed E-state index contributed by atoms with van der Waals surface area (Å²) < 4.78 is 37.9. The number of hydrogen-bond donors (Lipinski definition) is 2. The average molecular weight is 242 g/mol. The molecule has 1 aromatic carbocycles. The van der Waals surface area contributed by atoms with Crippen LogP contribution in [0.1, 0.15) is 11.1 Å². The summed E-state index contributed by atoms with van der Waals surface area (Å²) in [6, 6.07) is 3.98. The van der Waals surface area contributed by atoms with E-state index in [0.717, 1.165) is 6.07 Å². The molecule has 0 aliphatic rings. The van der Waals surface area contributed by atoms with E-state index >= 15 is 0 Å². The number of anilines is 2. The second-order valence-corrected chi connectivity index (χ2v) is 3.48. The molecule has 2 N–H and O–H groups in total. The summed E-state index contributed by atoms with van der Waals surface area (Å²) in [5, 5.41) is 8.83. The van der Waals surface area contributed by atoms with Gasteiger partial charge in [0.2, 0.25) is 5.95 Å². The number of nitrogens with zero attached hydrogens (tertiary/aromatic N) is 2. The number of hydrogen-bond acceptors (Lipinski definition) is 3. The van der Waals surface area contributed by atoms with Crippen LogP contribution in [-0.2, 0) is 6.18 Å². The van der Waals surface area contributed by atoms with Gasteiger partial charge in [-0.2, -0.15) is 13.2 Å². The summed E-state index contributed by atoms with van der Waals surface area (Å²) in [6.07, 6.45) is -3.03. The third kappa shape index (κ3) is 2.55. The van der Waals surface area contributed by atoms with Crippen molar-refractivity contribution in [3.63, 3.8) is 0 Å². The van der Waals surface area contributed by atoms with Crippen molar-refractivity contribution >= 4 is 11.6 Å². The predicted octanol–water partition coefficient (Wildman–Crippen LogP) is 2.88. The monoisotopic (exact) mass is 242 g/mol. The number of aryl methyl sites for hydroxylation is 1. The van der Waals surface area contributed by atoms with E-state index in [1.165, 1.54) is 19.3 Å². The lowest BCUT2D eigenvalue weighted by molar-refractivity contribution is -0.138. The van der Waals surface area contributed by atoms with Gasteiger partial charge in [0, 0.05) is 5.69 Å². The number of benzene rings is 1. The SMILES string of the molecule is Cc1ccc(Nc2nc[nH]n2)cc1C(F)(F)F. The maximum atomic E-state index is 12.6. The molecule has 0 atom stereocenters. The van der Waals surface area contributed by atoms with E-state index in [9.17, 15) is 13.2 Å². The molecule has 0 saturated heterocycles. The minimum atomic E-state index is -4.36. The van der Waals surface area contributed by atoms with Gasteiger partial charge < -0.3 is 5.32 Å². The zero-order valence-corrected chi connectivity index (χ0v) is 8.84. The highest BCUT2D eigenvalue weighted by Crippen LogP contribution is 2.33. The second kappa shape index (κ2) is 4.08. The van der Waals surface area contributed by atoms with Crippen molar-refractivity contribution in [2.24, 2.45) is 0 Å². The van der Waals surface area contributed by atoms with Gasteiger partial charge in [-0.05, 0) is 24.6 Å². The van der Waals surface area contributed by atoms with E-state index in [-0.39, 0.29) is 11.5 Å². The lowest BCUT2D eigenvalue weighted by atomic mass is 10.1. The Morgan fingerprint density at radius 3 is 2.65 bits per heavy atom. The maximum Gasteiger partial charge on any atom is 0.416 e. The van der Waals surface area contributed by atoms with Crippen molar-refractivity contribution in [2.75, 3.05) is 5.32 Å². The Morgan fingerprint density at radius 1 is 1.29 bits per heavy atom. The van der Waals surface area contributed by atoms with E-state index in [1.807, 2.05) is 0 Å². The number of halogens is 3. The molecule has 0 spiro atoms. The largest absolute Gasteiger partial charge is 0.416 e. The first kappa shape index (κ1) is 11.4. The summed E-state index contributed by atoms with van der Waals surface area (Å²) in [5.41, 5.74) is -0.196. The quantitative estimate of drug-likeness (QED) is 0.851. The van der Waals surface area contributed by atoms with Crippen molar-refractivity contribution in [1.82, 2.24) is 15.2 Å². The Hall–Kier alpha value is -2.05. The number of aromatic nitrogens is 3. The summed E-state index contributed by atoms with van der Waals surface area (Å²) >= 11 is 0. The summed E-state index contributed by atoms with van der Waals surface area (Å²) in [4.78, 5) is 3.77. The van der Waals surface area contributed by atoms with Crippen molar-refractivity contribution < 1.29 is 13.2 Å². The van der Waals surface area contributed by atoms with Crippen LogP contribution in [0.4, 0.5) is 24.8 Å². The van der Waals surface area contributed by atoms with Gasteiger partial charge in [0.05, 0.1) is 5.56 Å². The van der Waals surface area contributed by atoms with E-state index in [2.05, 4.69) is 20.5 Å². The number of nitrogens with one attached hydrogen (secondary N) is 2. The van der Waals surface area contributed by atoms with Crippen LogP contribution >= 0.6 is 0 Å². The van der Waals surface area contributed by atoms with Gasteiger partial charge in [-0.15, -0.1) is 5.10 Å². The molecule has 1 aromatic heterocycles. The first-order valence-electron chi connectivity index (χ1n) is 4.77. The summed E-state index contributed by atoms with van der Waals surface area (Å²) in [6.45, 7) is 1.42. The molecule has 7 heteroatoms. The van der Waals surface area contributed by atoms with E-state index in [0.29, 0.717) is 5.69 Å². The number of aromatic amines is 1. The highest BCUT2D eigenvalue weighted by atomic mass is 19.4. The second-order valence-electron chi connectivity index (χ2n) is 3.48. The van der Waals surface area contributed by atoms with Crippen LogP contribution in [0.25, 0.3) is 0 Å². The molecule has 0 amide bonds. The van der Waals surface area contributed by atoms with Crippen molar-refractivity contribution in [2.45, 2.75) is 13.1 Å². The molecule has 0 bridgehead atoms. The Morgan fingerprint density at radius 2 is 2.06 bits per heavy atom. The van der Waals surface area contributed by atoms with Gasteiger partial charge >= 0.3 is 6.18 Å². The third-order valence-electron chi connectivity index (χ3n) is 2.21. The molecule has 2 rings (SSSR count).